The van der Waals surface area contributed by atoms with E-state index in [4.69, 9.17) is 0 Å². The molecule has 54 valence electrons. The third-order valence-corrected chi connectivity index (χ3v) is 0.803. The van der Waals surface area contributed by atoms with Gasteiger partial charge in [-0.2, -0.15) is 0 Å². The van der Waals surface area contributed by atoms with Gasteiger partial charge in [-0.1, -0.05) is 0 Å². The van der Waals surface area contributed by atoms with Crippen molar-refractivity contribution >= 4 is 0 Å². The molecule has 1 aliphatic carbocycles. The van der Waals surface area contributed by atoms with E-state index in [9.17, 15) is 13.2 Å². The Balaban J connectivity index is 2.03. The largest absolute Gasteiger partial charge is 0.549 e. The van der Waals surface area contributed by atoms with Gasteiger partial charge in [0.1, 0.15) is 0 Å². The van der Waals surface area contributed by atoms with Gasteiger partial charge in [0.2, 0.25) is 0 Å². The van der Waals surface area contributed by atoms with E-state index in [1.807, 2.05) is 0 Å². The summed E-state index contributed by atoms with van der Waals surface area (Å²) in [6.07, 6.45) is -3.65. The molecule has 0 aliphatic heterocycles. The lowest BCUT2D eigenvalue weighted by Crippen LogP contribution is -2.14. The van der Waals surface area contributed by atoms with Crippen molar-refractivity contribution < 1.29 is 22.9 Å². The van der Waals surface area contributed by atoms with Gasteiger partial charge in [-0.15, -0.1) is 18.1 Å². The van der Waals surface area contributed by atoms with Gasteiger partial charge in [0.25, 0.3) is 0 Å². The fraction of sp³-hybridized carbons (Fsp3) is 1.00. The van der Waals surface area contributed by atoms with Gasteiger partial charge in [-0.05, 0) is 12.8 Å². The molecule has 0 aromatic carbocycles. The van der Waals surface area contributed by atoms with Crippen molar-refractivity contribution in [1.29, 1.82) is 0 Å². The van der Waals surface area contributed by atoms with Crippen LogP contribution in [0.1, 0.15) is 12.8 Å². The normalized spacial score (nSPS) is 20.3. The van der Waals surface area contributed by atoms with Crippen LogP contribution in [0.15, 0.2) is 0 Å². The standard InChI is InChI=1S/C4H5F3O2/c5-4(6,7)9-8-3-1-2-3/h3H,1-2H2. The highest BCUT2D eigenvalue weighted by Gasteiger charge is 2.35. The summed E-state index contributed by atoms with van der Waals surface area (Å²) in [7, 11) is 0. The quantitative estimate of drug-likeness (QED) is 0.430. The molecule has 0 aromatic heterocycles. The molecule has 0 N–H and O–H groups in total. The van der Waals surface area contributed by atoms with E-state index in [2.05, 4.69) is 9.78 Å². The minimum Gasteiger partial charge on any atom is -0.225 e. The second-order valence-corrected chi connectivity index (χ2v) is 1.82. The lowest BCUT2D eigenvalue weighted by molar-refractivity contribution is -0.488. The van der Waals surface area contributed by atoms with Crippen molar-refractivity contribution in [3.8, 4) is 0 Å². The van der Waals surface area contributed by atoms with Crippen molar-refractivity contribution in [2.45, 2.75) is 25.3 Å². The molecule has 0 heterocycles. The first-order valence-corrected chi connectivity index (χ1v) is 2.49. The van der Waals surface area contributed by atoms with Crippen LogP contribution >= 0.6 is 0 Å². The second-order valence-electron chi connectivity index (χ2n) is 1.82. The van der Waals surface area contributed by atoms with Crippen LogP contribution in [-0.4, -0.2) is 12.5 Å². The highest BCUT2D eigenvalue weighted by molar-refractivity contribution is 4.70. The van der Waals surface area contributed by atoms with Crippen molar-refractivity contribution in [2.24, 2.45) is 0 Å². The molecule has 0 spiro atoms. The molecular weight excluding hydrogens is 137 g/mol. The van der Waals surface area contributed by atoms with Gasteiger partial charge in [-0.3, -0.25) is 0 Å². The monoisotopic (exact) mass is 142 g/mol. The first kappa shape index (κ1) is 6.82. The van der Waals surface area contributed by atoms with Crippen LogP contribution in [0.3, 0.4) is 0 Å². The number of rotatable bonds is 2. The van der Waals surface area contributed by atoms with Gasteiger partial charge >= 0.3 is 6.36 Å². The summed E-state index contributed by atoms with van der Waals surface area (Å²) in [5.74, 6) is 0. The molecule has 0 atom stereocenters. The maximum absolute atomic E-state index is 11.1. The topological polar surface area (TPSA) is 18.5 Å². The Kier molecular flexibility index (Phi) is 1.63. The van der Waals surface area contributed by atoms with E-state index in [0.29, 0.717) is 12.8 Å². The zero-order valence-corrected chi connectivity index (χ0v) is 4.44. The number of alkyl halides is 3. The first-order chi connectivity index (χ1) is 4.08. The predicted octanol–water partition coefficient (Wildman–Crippen LogP) is 1.62. The molecule has 9 heavy (non-hydrogen) atoms. The Morgan fingerprint density at radius 2 is 1.78 bits per heavy atom. The fourth-order valence-corrected chi connectivity index (χ4v) is 0.287. The van der Waals surface area contributed by atoms with Crippen molar-refractivity contribution in [2.75, 3.05) is 0 Å². The van der Waals surface area contributed by atoms with Gasteiger partial charge in [0.05, 0.1) is 6.10 Å². The molecule has 1 rings (SSSR count). The minimum atomic E-state index is -4.65. The van der Waals surface area contributed by atoms with Gasteiger partial charge in [0, 0.05) is 0 Å². The highest BCUT2D eigenvalue weighted by Crippen LogP contribution is 2.27. The highest BCUT2D eigenvalue weighted by atomic mass is 19.4. The molecule has 1 aliphatic rings. The Hall–Kier alpha value is -0.290. The van der Waals surface area contributed by atoms with Crippen molar-refractivity contribution in [3.63, 3.8) is 0 Å². The lowest BCUT2D eigenvalue weighted by atomic mass is 10.9. The van der Waals surface area contributed by atoms with E-state index in [1.54, 1.807) is 0 Å². The van der Waals surface area contributed by atoms with Gasteiger partial charge in [0.15, 0.2) is 0 Å². The van der Waals surface area contributed by atoms with Crippen LogP contribution in [0.5, 0.6) is 0 Å². The van der Waals surface area contributed by atoms with E-state index in [1.165, 1.54) is 0 Å². The average Bonchev–Trinajstić information content (AvgIpc) is 2.38. The fourth-order valence-electron chi connectivity index (χ4n) is 0.287. The molecule has 2 nitrogen and oxygen atoms in total. The third kappa shape index (κ3) is 3.31. The molecule has 1 fully saturated rings. The van der Waals surface area contributed by atoms with Gasteiger partial charge < -0.3 is 0 Å². The summed E-state index contributed by atoms with van der Waals surface area (Å²) in [4.78, 5) is 6.95. The number of hydrogen-bond acceptors (Lipinski definition) is 2. The molecule has 0 saturated heterocycles. The number of hydrogen-bond donors (Lipinski definition) is 0. The summed E-state index contributed by atoms with van der Waals surface area (Å²) >= 11 is 0. The van der Waals surface area contributed by atoms with Crippen LogP contribution in [-0.2, 0) is 9.78 Å². The van der Waals surface area contributed by atoms with Gasteiger partial charge in [-0.25, -0.2) is 4.89 Å². The van der Waals surface area contributed by atoms with Crippen molar-refractivity contribution in [3.05, 3.63) is 0 Å². The molecule has 0 amide bonds. The zero-order valence-electron chi connectivity index (χ0n) is 4.44. The van der Waals surface area contributed by atoms with E-state index in [0.717, 1.165) is 0 Å². The Bertz CT molecular complexity index is 96.5. The van der Waals surface area contributed by atoms with Crippen LogP contribution in [0.25, 0.3) is 0 Å². The first-order valence-electron chi connectivity index (χ1n) is 2.49. The molecule has 1 saturated carbocycles. The second kappa shape index (κ2) is 2.15. The molecule has 0 aromatic rings. The summed E-state index contributed by atoms with van der Waals surface area (Å²) < 4.78 is 33.3. The molecule has 0 unspecified atom stereocenters. The summed E-state index contributed by atoms with van der Waals surface area (Å²) in [6.45, 7) is 0. The molecule has 0 radical (unpaired) electrons. The molecule has 0 bridgehead atoms. The summed E-state index contributed by atoms with van der Waals surface area (Å²) in [5.41, 5.74) is 0. The Morgan fingerprint density at radius 3 is 2.11 bits per heavy atom. The average molecular weight is 142 g/mol. The Labute approximate surface area is 49.5 Å². The third-order valence-electron chi connectivity index (χ3n) is 0.803. The van der Waals surface area contributed by atoms with E-state index in [-0.39, 0.29) is 6.10 Å². The zero-order chi connectivity index (χ0) is 6.91. The maximum Gasteiger partial charge on any atom is 0.549 e. The number of halogens is 3. The summed E-state index contributed by atoms with van der Waals surface area (Å²) in [6, 6.07) is 0. The Morgan fingerprint density at radius 1 is 1.22 bits per heavy atom. The minimum absolute atomic E-state index is 0.327. The van der Waals surface area contributed by atoms with Crippen LogP contribution in [0.2, 0.25) is 0 Å². The molecular formula is C4H5F3O2. The SMILES string of the molecule is FC(F)(F)OOC1CC1. The van der Waals surface area contributed by atoms with Crippen LogP contribution < -0.4 is 0 Å². The maximum atomic E-state index is 11.1. The smallest absolute Gasteiger partial charge is 0.225 e. The molecule has 5 heteroatoms. The van der Waals surface area contributed by atoms with Crippen LogP contribution in [0, 0.1) is 0 Å². The predicted molar refractivity (Wildman–Crippen MR) is 21.2 cm³/mol. The summed E-state index contributed by atoms with van der Waals surface area (Å²) in [5, 5.41) is 0. The van der Waals surface area contributed by atoms with E-state index >= 15 is 0 Å². The lowest BCUT2D eigenvalue weighted by Gasteiger charge is -2.03. The van der Waals surface area contributed by atoms with E-state index < -0.39 is 6.36 Å². The van der Waals surface area contributed by atoms with Crippen molar-refractivity contribution in [1.82, 2.24) is 0 Å². The van der Waals surface area contributed by atoms with Crippen LogP contribution in [0.4, 0.5) is 13.2 Å².